The second kappa shape index (κ2) is 6.38. The minimum atomic E-state index is 0.00420. The molecule has 2 nitrogen and oxygen atoms in total. The Morgan fingerprint density at radius 2 is 1.94 bits per heavy atom. The second-order valence-electron chi connectivity index (χ2n) is 7.08. The molecule has 1 rings (SSSR count). The first-order chi connectivity index (χ1) is 8.32. The highest BCUT2D eigenvalue weighted by atomic mass is 16.5. The van der Waals surface area contributed by atoms with E-state index in [4.69, 9.17) is 4.74 Å². The average Bonchev–Trinajstić information content (AvgIpc) is 2.27. The molecular weight excluding hydrogens is 222 g/mol. The fourth-order valence-corrected chi connectivity index (χ4v) is 2.91. The van der Waals surface area contributed by atoms with Crippen molar-refractivity contribution in [3.05, 3.63) is 0 Å². The number of nitrogens with one attached hydrogen (secondary N) is 1. The first kappa shape index (κ1) is 16.0. The molecule has 1 aliphatic carbocycles. The maximum atomic E-state index is 6.41. The third-order valence-corrected chi connectivity index (χ3v) is 4.46. The zero-order valence-electron chi connectivity index (χ0n) is 13.3. The molecule has 1 N–H and O–H groups in total. The zero-order chi connectivity index (χ0) is 13.8. The summed E-state index contributed by atoms with van der Waals surface area (Å²) in [5, 5.41) is 3.73. The topological polar surface area (TPSA) is 21.3 Å². The van der Waals surface area contributed by atoms with Gasteiger partial charge in [0.05, 0.1) is 11.7 Å². The van der Waals surface area contributed by atoms with Crippen LogP contribution in [0.4, 0.5) is 0 Å². The van der Waals surface area contributed by atoms with Crippen LogP contribution >= 0.6 is 0 Å². The monoisotopic (exact) mass is 255 g/mol. The summed E-state index contributed by atoms with van der Waals surface area (Å²) in [5.41, 5.74) is 0.353. The van der Waals surface area contributed by atoms with E-state index in [0.717, 1.165) is 13.0 Å². The Kier molecular flexibility index (Phi) is 5.67. The van der Waals surface area contributed by atoms with Gasteiger partial charge < -0.3 is 10.1 Å². The van der Waals surface area contributed by atoms with E-state index in [2.05, 4.69) is 46.9 Å². The molecule has 0 aromatic rings. The van der Waals surface area contributed by atoms with Gasteiger partial charge in [-0.15, -0.1) is 0 Å². The van der Waals surface area contributed by atoms with Crippen molar-refractivity contribution in [3.8, 4) is 0 Å². The van der Waals surface area contributed by atoms with Crippen LogP contribution in [-0.4, -0.2) is 24.3 Å². The molecule has 0 aliphatic heterocycles. The summed E-state index contributed by atoms with van der Waals surface area (Å²) in [7, 11) is 0. The lowest BCUT2D eigenvalue weighted by atomic mass is 9.71. The molecule has 1 fully saturated rings. The number of ether oxygens (including phenoxy) is 1. The maximum absolute atomic E-state index is 6.41. The molecule has 1 aliphatic rings. The Bertz CT molecular complexity index is 247. The van der Waals surface area contributed by atoms with E-state index in [1.807, 2.05) is 0 Å². The van der Waals surface area contributed by atoms with Gasteiger partial charge in [-0.25, -0.2) is 0 Å². The van der Waals surface area contributed by atoms with Crippen molar-refractivity contribution in [2.24, 2.45) is 5.41 Å². The van der Waals surface area contributed by atoms with Gasteiger partial charge in [0.2, 0.25) is 0 Å². The predicted molar refractivity (Wildman–Crippen MR) is 79.0 cm³/mol. The molecule has 0 spiro atoms. The molecule has 108 valence electrons. The third-order valence-electron chi connectivity index (χ3n) is 4.46. The largest absolute Gasteiger partial charge is 0.371 e. The van der Waals surface area contributed by atoms with Crippen molar-refractivity contribution >= 4 is 0 Å². The summed E-state index contributed by atoms with van der Waals surface area (Å²) in [4.78, 5) is 0. The van der Waals surface area contributed by atoms with Gasteiger partial charge in [-0.1, -0.05) is 34.1 Å². The molecule has 0 aromatic carbocycles. The van der Waals surface area contributed by atoms with Crippen LogP contribution in [0.5, 0.6) is 0 Å². The van der Waals surface area contributed by atoms with E-state index in [9.17, 15) is 0 Å². The summed E-state index contributed by atoms with van der Waals surface area (Å²) in [6, 6.07) is 0.497. The standard InChI is InChI=1S/C16H33NO/c1-7-12-17-14-13(18-16(5,6)8-2)10-9-11-15(14,3)4/h13-14,17H,7-12H2,1-6H3. The van der Waals surface area contributed by atoms with Crippen molar-refractivity contribution in [1.29, 1.82) is 0 Å². The van der Waals surface area contributed by atoms with Gasteiger partial charge in [-0.05, 0) is 51.5 Å². The molecule has 0 radical (unpaired) electrons. The summed E-state index contributed by atoms with van der Waals surface area (Å²) >= 11 is 0. The van der Waals surface area contributed by atoms with Gasteiger partial charge in [0, 0.05) is 6.04 Å². The third kappa shape index (κ3) is 4.24. The zero-order valence-corrected chi connectivity index (χ0v) is 13.3. The highest BCUT2D eigenvalue weighted by Gasteiger charge is 2.40. The number of hydrogen-bond donors (Lipinski definition) is 1. The lowest BCUT2D eigenvalue weighted by Gasteiger charge is -2.46. The highest BCUT2D eigenvalue weighted by Crippen LogP contribution is 2.38. The first-order valence-corrected chi connectivity index (χ1v) is 7.73. The van der Waals surface area contributed by atoms with E-state index in [1.54, 1.807) is 0 Å². The Morgan fingerprint density at radius 1 is 1.28 bits per heavy atom. The molecule has 0 amide bonds. The SMILES string of the molecule is CCCNC1C(OC(C)(C)CC)CCCC1(C)C. The van der Waals surface area contributed by atoms with E-state index in [0.29, 0.717) is 17.6 Å². The van der Waals surface area contributed by atoms with Crippen molar-refractivity contribution in [1.82, 2.24) is 5.32 Å². The van der Waals surface area contributed by atoms with Gasteiger partial charge >= 0.3 is 0 Å². The second-order valence-corrected chi connectivity index (χ2v) is 7.08. The van der Waals surface area contributed by atoms with E-state index in [-0.39, 0.29) is 5.60 Å². The van der Waals surface area contributed by atoms with Crippen LogP contribution in [0.25, 0.3) is 0 Å². The average molecular weight is 255 g/mol. The van der Waals surface area contributed by atoms with Gasteiger partial charge in [0.25, 0.3) is 0 Å². The van der Waals surface area contributed by atoms with Crippen molar-refractivity contribution in [2.45, 2.75) is 91.4 Å². The van der Waals surface area contributed by atoms with E-state index in [1.165, 1.54) is 25.7 Å². The molecule has 2 heteroatoms. The number of hydrogen-bond acceptors (Lipinski definition) is 2. The quantitative estimate of drug-likeness (QED) is 0.770. The van der Waals surface area contributed by atoms with Crippen LogP contribution in [0.3, 0.4) is 0 Å². The molecule has 0 saturated heterocycles. The van der Waals surface area contributed by atoms with Gasteiger partial charge in [-0.3, -0.25) is 0 Å². The highest BCUT2D eigenvalue weighted by molar-refractivity contribution is 4.95. The lowest BCUT2D eigenvalue weighted by molar-refractivity contribution is -0.119. The maximum Gasteiger partial charge on any atom is 0.0740 e. The molecule has 2 unspecified atom stereocenters. The smallest absolute Gasteiger partial charge is 0.0740 e. The van der Waals surface area contributed by atoms with Gasteiger partial charge in [-0.2, -0.15) is 0 Å². The summed E-state index contributed by atoms with van der Waals surface area (Å²) in [5.74, 6) is 0. The fraction of sp³-hybridized carbons (Fsp3) is 1.00. The predicted octanol–water partition coefficient (Wildman–Crippen LogP) is 4.14. The van der Waals surface area contributed by atoms with Crippen LogP contribution in [0.15, 0.2) is 0 Å². The molecule has 0 bridgehead atoms. The Balaban J connectivity index is 2.72. The Morgan fingerprint density at radius 3 is 2.50 bits per heavy atom. The van der Waals surface area contributed by atoms with E-state index >= 15 is 0 Å². The van der Waals surface area contributed by atoms with Crippen LogP contribution in [0, 0.1) is 5.41 Å². The number of rotatable bonds is 6. The summed E-state index contributed by atoms with van der Waals surface area (Å²) < 4.78 is 6.41. The summed E-state index contributed by atoms with van der Waals surface area (Å²) in [6.45, 7) is 14.7. The van der Waals surface area contributed by atoms with Crippen LogP contribution in [0.1, 0.15) is 73.6 Å². The first-order valence-electron chi connectivity index (χ1n) is 7.73. The molecule has 0 aromatic heterocycles. The minimum Gasteiger partial charge on any atom is -0.371 e. The Labute approximate surface area is 114 Å². The lowest BCUT2D eigenvalue weighted by Crippen LogP contribution is -2.55. The van der Waals surface area contributed by atoms with Crippen LogP contribution in [-0.2, 0) is 4.74 Å². The normalized spacial score (nSPS) is 28.3. The van der Waals surface area contributed by atoms with Crippen molar-refractivity contribution < 1.29 is 4.74 Å². The van der Waals surface area contributed by atoms with Crippen LogP contribution < -0.4 is 5.32 Å². The molecule has 18 heavy (non-hydrogen) atoms. The Hall–Kier alpha value is -0.0800. The van der Waals surface area contributed by atoms with Crippen molar-refractivity contribution in [3.63, 3.8) is 0 Å². The minimum absolute atomic E-state index is 0.00420. The van der Waals surface area contributed by atoms with E-state index < -0.39 is 0 Å². The molecule has 0 heterocycles. The summed E-state index contributed by atoms with van der Waals surface area (Å²) in [6.07, 6.45) is 6.44. The van der Waals surface area contributed by atoms with Gasteiger partial charge in [0.15, 0.2) is 0 Å². The van der Waals surface area contributed by atoms with Gasteiger partial charge in [0.1, 0.15) is 0 Å². The van der Waals surface area contributed by atoms with Crippen molar-refractivity contribution in [2.75, 3.05) is 6.54 Å². The molecule has 2 atom stereocenters. The molecule has 1 saturated carbocycles. The van der Waals surface area contributed by atoms with Crippen LogP contribution in [0.2, 0.25) is 0 Å². The fourth-order valence-electron chi connectivity index (χ4n) is 2.91. The molecular formula is C16H33NO.